The van der Waals surface area contributed by atoms with Gasteiger partial charge in [0.1, 0.15) is 28.3 Å². The van der Waals surface area contributed by atoms with Crippen LogP contribution in [0.3, 0.4) is 0 Å². The average Bonchev–Trinajstić information content (AvgIpc) is 1.05. The van der Waals surface area contributed by atoms with Crippen LogP contribution in [0.4, 0.5) is 34.1 Å². The van der Waals surface area contributed by atoms with E-state index in [0.29, 0.717) is 191 Å². The van der Waals surface area contributed by atoms with E-state index in [1.807, 2.05) is 149 Å². The van der Waals surface area contributed by atoms with E-state index in [1.165, 1.54) is 29.6 Å². The Kier molecular flexibility index (Phi) is 30.1. The zero-order valence-corrected chi connectivity index (χ0v) is 75.8. The molecular formula is C92H100ClN15O17S3. The van der Waals surface area contributed by atoms with Gasteiger partial charge in [-0.2, -0.15) is 0 Å². The Labute approximate surface area is 753 Å². The highest BCUT2D eigenvalue weighted by Gasteiger charge is 2.37. The largest absolute Gasteiger partial charge is 0.497 e. The Hall–Kier alpha value is -13.1. The number of thiophene rings is 3. The highest BCUT2D eigenvalue weighted by molar-refractivity contribution is 7.12. The molecule has 0 radical (unpaired) electrons. The molecule has 128 heavy (non-hydrogen) atoms. The van der Waals surface area contributed by atoms with Gasteiger partial charge in [-0.05, 0) is 143 Å². The minimum Gasteiger partial charge on any atom is -0.497 e. The third-order valence-corrected chi connectivity index (χ3v) is 25.7. The molecule has 0 bridgehead atoms. The number of para-hydroxylation sites is 3. The lowest BCUT2D eigenvalue weighted by Gasteiger charge is -2.37. The summed E-state index contributed by atoms with van der Waals surface area (Å²) in [5.41, 5.74) is 2.31. The number of rotatable bonds is 21. The molecule has 12 aromatic rings. The van der Waals surface area contributed by atoms with Crippen LogP contribution < -0.4 is 46.6 Å². The van der Waals surface area contributed by atoms with Gasteiger partial charge in [-0.3, -0.25) is 58.6 Å². The maximum Gasteiger partial charge on any atom is 0.357 e. The molecule has 7 aromatic heterocycles. The number of pyridine rings is 4. The molecule has 0 spiro atoms. The first-order chi connectivity index (χ1) is 61.6. The second-order valence-corrected chi connectivity index (χ2v) is 34.9. The van der Waals surface area contributed by atoms with Crippen LogP contribution in [-0.4, -0.2) is 233 Å². The van der Waals surface area contributed by atoms with Gasteiger partial charge in [0, 0.05) is 174 Å². The normalized spacial score (nSPS) is 14.2. The molecule has 4 saturated heterocycles. The van der Waals surface area contributed by atoms with Crippen LogP contribution in [0.1, 0.15) is 77.7 Å². The maximum atomic E-state index is 13.4. The molecule has 32 nitrogen and oxygen atoms in total. The van der Waals surface area contributed by atoms with Gasteiger partial charge in [0.15, 0.2) is 0 Å². The van der Waals surface area contributed by atoms with Crippen molar-refractivity contribution in [1.82, 2.24) is 42.8 Å². The monoisotopic (exact) mass is 1820 g/mol. The van der Waals surface area contributed by atoms with Gasteiger partial charge >= 0.3 is 34.4 Å². The number of nitrogens with zero attached hydrogens (tertiary/aromatic N) is 15. The van der Waals surface area contributed by atoms with Crippen LogP contribution in [0.5, 0.6) is 5.75 Å². The Morgan fingerprint density at radius 1 is 0.469 bits per heavy atom. The predicted octanol–water partition coefficient (Wildman–Crippen LogP) is 11.7. The Balaban J connectivity index is 0.000000146. The number of piperazine rings is 4. The molecule has 670 valence electrons. The number of nitro groups is 2. The minimum atomic E-state index is -0.634. The summed E-state index contributed by atoms with van der Waals surface area (Å²) in [4.78, 5) is 171. The minimum absolute atomic E-state index is 0.0166. The fourth-order valence-electron chi connectivity index (χ4n) is 16.5. The first-order valence-electron chi connectivity index (χ1n) is 42.0. The van der Waals surface area contributed by atoms with Crippen molar-refractivity contribution in [3.63, 3.8) is 0 Å². The summed E-state index contributed by atoms with van der Waals surface area (Å²) in [5, 5.41) is 33.0. The number of anilines is 4. The number of aryl methyl sites for hydroxylation is 4. The van der Waals surface area contributed by atoms with Gasteiger partial charge < -0.3 is 76.6 Å². The summed E-state index contributed by atoms with van der Waals surface area (Å²) >= 11 is 10.9. The quantitative estimate of drug-likeness (QED) is 0.0366. The summed E-state index contributed by atoms with van der Waals surface area (Å²) in [6.45, 7) is 14.0. The number of esters is 2. The van der Waals surface area contributed by atoms with Crippen molar-refractivity contribution in [1.29, 1.82) is 0 Å². The van der Waals surface area contributed by atoms with Crippen molar-refractivity contribution in [2.75, 3.05) is 159 Å². The molecule has 4 fully saturated rings. The second-order valence-electron chi connectivity index (χ2n) is 31.5. The number of ether oxygens (including phenoxy) is 3. The Morgan fingerprint density at radius 3 is 1.31 bits per heavy atom. The number of fused-ring (bicyclic) bond motifs is 4. The van der Waals surface area contributed by atoms with Crippen LogP contribution in [0.2, 0.25) is 5.02 Å². The van der Waals surface area contributed by atoms with Gasteiger partial charge in [0.05, 0.1) is 80.8 Å². The zero-order chi connectivity index (χ0) is 91.3. The number of methoxy groups -OCH3 is 1. The van der Waals surface area contributed by atoms with Crippen LogP contribution in [0, 0.1) is 20.2 Å². The van der Waals surface area contributed by atoms with Gasteiger partial charge in [-0.1, -0.05) is 84.4 Å². The molecule has 11 heterocycles. The van der Waals surface area contributed by atoms with E-state index in [0.717, 1.165) is 38.1 Å². The summed E-state index contributed by atoms with van der Waals surface area (Å²) < 4.78 is 21.6. The van der Waals surface area contributed by atoms with Crippen molar-refractivity contribution < 1.29 is 52.8 Å². The van der Waals surface area contributed by atoms with Crippen molar-refractivity contribution in [2.45, 2.75) is 52.7 Å². The third-order valence-electron chi connectivity index (χ3n) is 22.9. The molecule has 0 atom stereocenters. The van der Waals surface area contributed by atoms with E-state index in [9.17, 15) is 68.2 Å². The Morgan fingerprint density at radius 2 is 0.883 bits per heavy atom. The number of carbonyl (C=O) groups excluding carboxylic acids is 6. The van der Waals surface area contributed by atoms with Gasteiger partial charge in [0.25, 0.3) is 22.9 Å². The number of hydrogen-bond donors (Lipinski definition) is 0. The summed E-state index contributed by atoms with van der Waals surface area (Å²) in [5.74, 6) is -0.523. The van der Waals surface area contributed by atoms with Crippen molar-refractivity contribution in [3.05, 3.63) is 266 Å². The SMILES string of the molecule is CC(C)OC(=O)c1c(N2CCN(C(=O)c3cccs3)CC2)c2ccccc2n(C)c1=O.CCOC(=O)c1c(N2CCN(C(=O)Cc3cccs3)CC2)c2ccccc2n(C)c1=O.COc1ccc(C(=O)N2CCN(c3c([N+](=O)[O-])c(=O)n(CCCN(C)C)c4ccc(Cl)cc34)CC2)cc1.Cn1c(=O)c([N+](=O)[O-])c(N2CCN(C(=O)Cc3cccs3)CC2)c2ccccc21. The molecule has 0 saturated carbocycles. The van der Waals surface area contributed by atoms with Crippen LogP contribution >= 0.6 is 45.6 Å². The maximum absolute atomic E-state index is 13.4. The standard InChI is InChI=1S/C26H30ClN5O5.2C23H25N3O4S.C20H20N4O4S/c1-28(2)11-4-12-31-22-10-7-19(27)17-21(22)23(24(26(31)34)32(35)36)29-13-15-30(16-14-29)25(33)18-5-8-20(37-3)9-6-18;1-15(2)30-23(29)19-20(16-7-4-5-8-17(16)24(3)22(19)28)25-10-12-26(13-11-25)21(27)18-9-6-14-31-18;1-3-30-23(29)20-21(17-8-4-5-9-18(17)24(2)22(20)28)26-12-10-25(11-13-26)19(27)15-16-7-6-14-31-16;1-21-16-7-3-2-6-15(16)18(19(20(21)26)24(27)28)23-10-8-22(9-11-23)17(25)13-14-5-4-12-29-14/h5-10,17H,4,11-16H2,1-3H3;4-9,14-15H,10-13H2,1-3H3;4-9,14H,3,10-13,15H2,1-2H3;2-7,12H,8-11,13H2,1H3. The molecule has 0 unspecified atom stereocenters. The molecule has 0 N–H and O–H groups in total. The average molecular weight is 1820 g/mol. The predicted molar refractivity (Wildman–Crippen MR) is 501 cm³/mol. The molecule has 4 aliphatic rings. The first kappa shape index (κ1) is 92.6. The van der Waals surface area contributed by atoms with Crippen molar-refractivity contribution >= 4 is 159 Å². The smallest absolute Gasteiger partial charge is 0.357 e. The van der Waals surface area contributed by atoms with Crippen molar-refractivity contribution in [3.8, 4) is 5.75 Å². The lowest BCUT2D eigenvalue weighted by atomic mass is 10.1. The molecule has 4 amide bonds. The highest BCUT2D eigenvalue weighted by Crippen LogP contribution is 2.39. The zero-order valence-electron chi connectivity index (χ0n) is 72.6. The molecule has 4 aliphatic heterocycles. The van der Waals surface area contributed by atoms with Gasteiger partial charge in [0.2, 0.25) is 11.8 Å². The molecule has 36 heteroatoms. The number of aromatic nitrogens is 4. The number of hydrogen-bond acceptors (Lipinski definition) is 25. The van der Waals surface area contributed by atoms with Gasteiger partial charge in [-0.25, -0.2) is 9.59 Å². The van der Waals surface area contributed by atoms with E-state index < -0.39 is 44.3 Å². The second kappa shape index (κ2) is 41.6. The molecule has 16 rings (SSSR count). The number of benzene rings is 5. The van der Waals surface area contributed by atoms with Crippen LogP contribution in [0.15, 0.2) is 187 Å². The fourth-order valence-corrected chi connectivity index (χ4v) is 18.8. The first-order valence-corrected chi connectivity index (χ1v) is 45.0. The van der Waals surface area contributed by atoms with E-state index in [-0.39, 0.29) is 64.3 Å². The lowest BCUT2D eigenvalue weighted by Crippen LogP contribution is -2.50. The number of halogens is 1. The van der Waals surface area contributed by atoms with E-state index in [2.05, 4.69) is 0 Å². The molecule has 5 aromatic carbocycles. The van der Waals surface area contributed by atoms with Crippen LogP contribution in [-0.2, 0) is 59.6 Å². The summed E-state index contributed by atoms with van der Waals surface area (Å²) in [6.07, 6.45) is 1.09. The Bertz CT molecular complexity index is 6370. The summed E-state index contributed by atoms with van der Waals surface area (Å²) in [7, 11) is 10.3. The van der Waals surface area contributed by atoms with Crippen LogP contribution in [0.25, 0.3) is 43.6 Å². The number of amides is 4. The van der Waals surface area contributed by atoms with E-state index >= 15 is 0 Å². The topological polar surface area (TPSA) is 334 Å². The number of carbonyl (C=O) groups is 6. The van der Waals surface area contributed by atoms with Gasteiger partial charge in [-0.15, -0.1) is 34.0 Å². The summed E-state index contributed by atoms with van der Waals surface area (Å²) in [6, 6.07) is 45.8. The fraction of sp³-hybridized carbons (Fsp3) is 0.348. The highest BCUT2D eigenvalue weighted by atomic mass is 35.5. The lowest BCUT2D eigenvalue weighted by molar-refractivity contribution is -0.385. The third kappa shape index (κ3) is 20.5. The van der Waals surface area contributed by atoms with E-state index in [4.69, 9.17) is 25.8 Å². The molecular weight excluding hydrogens is 1720 g/mol. The van der Waals surface area contributed by atoms with Crippen molar-refractivity contribution in [2.24, 2.45) is 21.1 Å². The van der Waals surface area contributed by atoms with E-state index in [1.54, 1.807) is 148 Å². The molecule has 0 aliphatic carbocycles.